The zero-order valence-corrected chi connectivity index (χ0v) is 13.3. The molecule has 114 valence electrons. The van der Waals surface area contributed by atoms with Crippen molar-refractivity contribution in [3.05, 3.63) is 53.5 Å². The van der Waals surface area contributed by atoms with Crippen LogP contribution in [-0.2, 0) is 0 Å². The topological polar surface area (TPSA) is 34.4 Å². The molecule has 1 atom stereocenters. The van der Waals surface area contributed by atoms with Crippen LogP contribution >= 0.6 is 0 Å². The van der Waals surface area contributed by atoms with Crippen molar-refractivity contribution in [3.8, 4) is 5.75 Å². The molecule has 0 spiro atoms. The lowest BCUT2D eigenvalue weighted by Gasteiger charge is -2.15. The molecule has 0 radical (unpaired) electrons. The zero-order valence-electron chi connectivity index (χ0n) is 13.3. The quantitative estimate of drug-likeness (QED) is 0.764. The summed E-state index contributed by atoms with van der Waals surface area (Å²) in [6, 6.07) is 10.5. The SMILES string of the molecule is Cc1ccc(C(C)C)cc1OCCNC(C)c1ccco1. The molecule has 0 saturated heterocycles. The highest BCUT2D eigenvalue weighted by molar-refractivity contribution is 5.37. The first-order chi connectivity index (χ1) is 10.1. The number of aryl methyl sites for hydroxylation is 1. The number of furan rings is 1. The van der Waals surface area contributed by atoms with E-state index in [1.165, 1.54) is 11.1 Å². The van der Waals surface area contributed by atoms with Crippen molar-refractivity contribution in [1.29, 1.82) is 0 Å². The molecule has 0 saturated carbocycles. The average molecular weight is 287 g/mol. The van der Waals surface area contributed by atoms with Gasteiger partial charge in [0.05, 0.1) is 12.3 Å². The van der Waals surface area contributed by atoms with Crippen molar-refractivity contribution in [3.63, 3.8) is 0 Å². The summed E-state index contributed by atoms with van der Waals surface area (Å²) in [5.74, 6) is 2.45. The Morgan fingerprint density at radius 1 is 1.19 bits per heavy atom. The molecule has 1 aromatic heterocycles. The van der Waals surface area contributed by atoms with E-state index in [4.69, 9.17) is 9.15 Å². The van der Waals surface area contributed by atoms with E-state index >= 15 is 0 Å². The van der Waals surface area contributed by atoms with Crippen LogP contribution in [0.5, 0.6) is 5.75 Å². The molecule has 21 heavy (non-hydrogen) atoms. The summed E-state index contributed by atoms with van der Waals surface area (Å²) in [6.45, 7) is 9.99. The van der Waals surface area contributed by atoms with Gasteiger partial charge in [-0.25, -0.2) is 0 Å². The highest BCUT2D eigenvalue weighted by Gasteiger charge is 2.08. The Hall–Kier alpha value is -1.74. The fourth-order valence-electron chi connectivity index (χ4n) is 2.21. The van der Waals surface area contributed by atoms with Gasteiger partial charge in [-0.05, 0) is 49.1 Å². The lowest BCUT2D eigenvalue weighted by molar-refractivity contribution is 0.300. The second-order valence-corrected chi connectivity index (χ2v) is 5.72. The van der Waals surface area contributed by atoms with Gasteiger partial charge in [-0.15, -0.1) is 0 Å². The van der Waals surface area contributed by atoms with Gasteiger partial charge in [0, 0.05) is 6.54 Å². The summed E-state index contributed by atoms with van der Waals surface area (Å²) in [4.78, 5) is 0. The maximum Gasteiger partial charge on any atom is 0.122 e. The molecule has 3 nitrogen and oxygen atoms in total. The number of hydrogen-bond donors (Lipinski definition) is 1. The number of rotatable bonds is 7. The molecule has 1 heterocycles. The van der Waals surface area contributed by atoms with Gasteiger partial charge in [0.25, 0.3) is 0 Å². The minimum absolute atomic E-state index is 0.201. The van der Waals surface area contributed by atoms with Crippen molar-refractivity contribution in [2.75, 3.05) is 13.2 Å². The fraction of sp³-hybridized carbons (Fsp3) is 0.444. The maximum absolute atomic E-state index is 5.90. The largest absolute Gasteiger partial charge is 0.492 e. The average Bonchev–Trinajstić information content (AvgIpc) is 2.99. The van der Waals surface area contributed by atoms with E-state index < -0.39 is 0 Å². The highest BCUT2D eigenvalue weighted by Crippen LogP contribution is 2.24. The molecular weight excluding hydrogens is 262 g/mol. The third-order valence-electron chi connectivity index (χ3n) is 3.66. The summed E-state index contributed by atoms with van der Waals surface area (Å²) < 4.78 is 11.3. The Morgan fingerprint density at radius 3 is 2.67 bits per heavy atom. The molecule has 0 bridgehead atoms. The zero-order chi connectivity index (χ0) is 15.2. The molecule has 0 aliphatic carbocycles. The second-order valence-electron chi connectivity index (χ2n) is 5.72. The van der Waals surface area contributed by atoms with Gasteiger partial charge in [0.1, 0.15) is 18.1 Å². The van der Waals surface area contributed by atoms with Crippen LogP contribution in [0, 0.1) is 6.92 Å². The third kappa shape index (κ3) is 4.36. The van der Waals surface area contributed by atoms with Crippen molar-refractivity contribution in [2.45, 2.75) is 39.7 Å². The van der Waals surface area contributed by atoms with Gasteiger partial charge >= 0.3 is 0 Å². The van der Waals surface area contributed by atoms with Gasteiger partial charge in [0.15, 0.2) is 0 Å². The molecule has 2 aromatic rings. The van der Waals surface area contributed by atoms with Crippen LogP contribution < -0.4 is 10.1 Å². The van der Waals surface area contributed by atoms with E-state index in [1.54, 1.807) is 6.26 Å². The van der Waals surface area contributed by atoms with Crippen LogP contribution in [0.3, 0.4) is 0 Å². The number of benzene rings is 1. The molecule has 0 aliphatic heterocycles. The van der Waals surface area contributed by atoms with Crippen LogP contribution in [0.4, 0.5) is 0 Å². The monoisotopic (exact) mass is 287 g/mol. The summed E-state index contributed by atoms with van der Waals surface area (Å²) in [5.41, 5.74) is 2.49. The lowest BCUT2D eigenvalue weighted by Crippen LogP contribution is -2.24. The lowest BCUT2D eigenvalue weighted by atomic mass is 10.0. The summed E-state index contributed by atoms with van der Waals surface area (Å²) >= 11 is 0. The van der Waals surface area contributed by atoms with Crippen molar-refractivity contribution in [2.24, 2.45) is 0 Å². The Balaban J connectivity index is 1.82. The van der Waals surface area contributed by atoms with Crippen LogP contribution in [0.2, 0.25) is 0 Å². The summed E-state index contributed by atoms with van der Waals surface area (Å²) in [5, 5.41) is 3.39. The second kappa shape index (κ2) is 7.32. The van der Waals surface area contributed by atoms with Crippen LogP contribution in [0.25, 0.3) is 0 Å². The first-order valence-electron chi connectivity index (χ1n) is 7.58. The van der Waals surface area contributed by atoms with E-state index in [2.05, 4.69) is 51.2 Å². The van der Waals surface area contributed by atoms with E-state index in [-0.39, 0.29) is 6.04 Å². The molecule has 3 heteroatoms. The van der Waals surface area contributed by atoms with Crippen LogP contribution in [0.1, 0.15) is 49.6 Å². The molecule has 2 rings (SSSR count). The van der Waals surface area contributed by atoms with Crippen molar-refractivity contribution < 1.29 is 9.15 Å². The maximum atomic E-state index is 5.90. The molecule has 1 N–H and O–H groups in total. The minimum Gasteiger partial charge on any atom is -0.492 e. The van der Waals surface area contributed by atoms with Gasteiger partial charge in [-0.3, -0.25) is 0 Å². The van der Waals surface area contributed by atoms with Crippen molar-refractivity contribution in [1.82, 2.24) is 5.32 Å². The van der Waals surface area contributed by atoms with Gasteiger partial charge in [0.2, 0.25) is 0 Å². The molecule has 0 amide bonds. The van der Waals surface area contributed by atoms with E-state index in [1.807, 2.05) is 12.1 Å². The molecule has 1 aromatic carbocycles. The fourth-order valence-corrected chi connectivity index (χ4v) is 2.21. The minimum atomic E-state index is 0.201. The number of nitrogens with one attached hydrogen (secondary N) is 1. The highest BCUT2D eigenvalue weighted by atomic mass is 16.5. The standard InChI is InChI=1S/C18H25NO2/c1-13(2)16-8-7-14(3)18(12-16)21-11-9-19-15(4)17-6-5-10-20-17/h5-8,10,12-13,15,19H,9,11H2,1-4H3. The predicted octanol–water partition coefficient (Wildman–Crippen LogP) is 4.44. The van der Waals surface area contributed by atoms with Crippen molar-refractivity contribution >= 4 is 0 Å². The normalized spacial score (nSPS) is 12.6. The van der Waals surface area contributed by atoms with E-state index in [0.29, 0.717) is 12.5 Å². The first-order valence-corrected chi connectivity index (χ1v) is 7.58. The van der Waals surface area contributed by atoms with Gasteiger partial charge in [-0.2, -0.15) is 0 Å². The van der Waals surface area contributed by atoms with E-state index in [9.17, 15) is 0 Å². The smallest absolute Gasteiger partial charge is 0.122 e. The molecular formula is C18H25NO2. The van der Waals surface area contributed by atoms with Crippen LogP contribution in [0.15, 0.2) is 41.0 Å². The Morgan fingerprint density at radius 2 is 2.00 bits per heavy atom. The number of ether oxygens (including phenoxy) is 1. The molecule has 1 unspecified atom stereocenters. The molecule has 0 fully saturated rings. The molecule has 0 aliphatic rings. The van der Waals surface area contributed by atoms with Crippen LogP contribution in [-0.4, -0.2) is 13.2 Å². The summed E-state index contributed by atoms with van der Waals surface area (Å²) in [6.07, 6.45) is 1.70. The number of hydrogen-bond acceptors (Lipinski definition) is 3. The predicted molar refractivity (Wildman–Crippen MR) is 85.9 cm³/mol. The Labute approximate surface area is 127 Å². The Bertz CT molecular complexity index is 546. The van der Waals surface area contributed by atoms with Gasteiger partial charge < -0.3 is 14.5 Å². The summed E-state index contributed by atoms with van der Waals surface area (Å²) in [7, 11) is 0. The third-order valence-corrected chi connectivity index (χ3v) is 3.66. The van der Waals surface area contributed by atoms with E-state index in [0.717, 1.165) is 18.1 Å². The Kier molecular flexibility index (Phi) is 5.45. The first kappa shape index (κ1) is 15.6. The van der Waals surface area contributed by atoms with Gasteiger partial charge in [-0.1, -0.05) is 26.0 Å².